The zero-order chi connectivity index (χ0) is 18.1. The summed E-state index contributed by atoms with van der Waals surface area (Å²) in [6.07, 6.45) is 1.68. The molecule has 0 saturated carbocycles. The molecule has 0 radical (unpaired) electrons. The fourth-order valence-electron chi connectivity index (χ4n) is 2.94. The van der Waals surface area contributed by atoms with E-state index in [1.165, 1.54) is 4.90 Å². The highest BCUT2D eigenvalue weighted by Gasteiger charge is 2.36. The van der Waals surface area contributed by atoms with Crippen molar-refractivity contribution in [2.24, 2.45) is 9.98 Å². The normalized spacial score (nSPS) is 16.0. The molecule has 0 aromatic heterocycles. The number of hydrogen-bond acceptors (Lipinski definition) is 4. The van der Waals surface area contributed by atoms with Gasteiger partial charge in [0.15, 0.2) is 5.71 Å². The number of ether oxygens (including phenoxy) is 1. The van der Waals surface area contributed by atoms with Gasteiger partial charge in [0.1, 0.15) is 11.5 Å². The zero-order valence-corrected chi connectivity index (χ0v) is 14.9. The molecule has 6 heteroatoms. The van der Waals surface area contributed by atoms with Gasteiger partial charge in [0, 0.05) is 11.8 Å². The predicted molar refractivity (Wildman–Crippen MR) is 105 cm³/mol. The molecule has 0 unspecified atom stereocenters. The maximum atomic E-state index is 12.9. The number of carbonyl (C=O) groups excluding carboxylic acids is 1. The number of amides is 1. The van der Waals surface area contributed by atoms with Crippen LogP contribution < -0.4 is 4.74 Å². The minimum Gasteiger partial charge on any atom is -0.497 e. The van der Waals surface area contributed by atoms with Gasteiger partial charge in [0.25, 0.3) is 5.91 Å². The van der Waals surface area contributed by atoms with Crippen molar-refractivity contribution in [3.05, 3.63) is 71.9 Å². The molecule has 4 rings (SSSR count). The van der Waals surface area contributed by atoms with Crippen molar-refractivity contribution >= 4 is 40.2 Å². The van der Waals surface area contributed by atoms with Crippen LogP contribution in [-0.4, -0.2) is 34.5 Å². The Morgan fingerprint density at radius 1 is 1.08 bits per heavy atom. The molecule has 0 N–H and O–H groups in total. The van der Waals surface area contributed by atoms with Crippen LogP contribution in [0.2, 0.25) is 0 Å². The number of aliphatic imine (C=N–C) groups is 2. The van der Waals surface area contributed by atoms with Crippen molar-refractivity contribution in [1.82, 2.24) is 4.90 Å². The average Bonchev–Trinajstić information content (AvgIpc) is 3.10. The minimum absolute atomic E-state index is 0.231. The van der Waals surface area contributed by atoms with Crippen LogP contribution in [-0.2, 0) is 11.3 Å². The number of hydrogen-bond donors (Lipinski definition) is 0. The molecule has 5 nitrogen and oxygen atoms in total. The van der Waals surface area contributed by atoms with E-state index >= 15 is 0 Å². The Hall–Kier alpha value is -3.12. The summed E-state index contributed by atoms with van der Waals surface area (Å²) in [5.41, 5.74) is 3.57. The number of carbonyl (C=O) groups is 1. The highest BCUT2D eigenvalue weighted by molar-refractivity contribution is 7.80. The summed E-state index contributed by atoms with van der Waals surface area (Å²) in [5, 5.41) is 0.246. The predicted octanol–water partition coefficient (Wildman–Crippen LogP) is 3.26. The SMILES string of the molecule is COc1cccc(CN2C(=O)C3=NC=C(c4ccccc4)C3=NC2=S)c1. The summed E-state index contributed by atoms with van der Waals surface area (Å²) in [6, 6.07) is 17.3. The Labute approximate surface area is 156 Å². The van der Waals surface area contributed by atoms with Crippen molar-refractivity contribution in [2.75, 3.05) is 7.11 Å². The lowest BCUT2D eigenvalue weighted by atomic mass is 9.99. The third kappa shape index (κ3) is 2.84. The van der Waals surface area contributed by atoms with Gasteiger partial charge < -0.3 is 4.74 Å². The minimum atomic E-state index is -0.231. The van der Waals surface area contributed by atoms with E-state index < -0.39 is 0 Å². The lowest BCUT2D eigenvalue weighted by Crippen LogP contribution is -2.45. The molecule has 26 heavy (non-hydrogen) atoms. The van der Waals surface area contributed by atoms with Crippen LogP contribution in [0.4, 0.5) is 0 Å². The van der Waals surface area contributed by atoms with E-state index in [1.807, 2.05) is 54.6 Å². The highest BCUT2D eigenvalue weighted by Crippen LogP contribution is 2.26. The summed E-state index contributed by atoms with van der Waals surface area (Å²) in [7, 11) is 1.61. The van der Waals surface area contributed by atoms with E-state index in [-0.39, 0.29) is 11.0 Å². The third-order valence-corrected chi connectivity index (χ3v) is 4.56. The summed E-state index contributed by atoms with van der Waals surface area (Å²) in [4.78, 5) is 23.2. The van der Waals surface area contributed by atoms with Gasteiger partial charge in [0.2, 0.25) is 5.11 Å². The molecule has 0 saturated heterocycles. The number of fused-ring (bicyclic) bond motifs is 1. The Kier molecular flexibility index (Phi) is 4.18. The standard InChI is InChI=1S/C20H15N3O2S/c1-25-15-9-5-6-13(10-15)12-23-19(24)18-17(22-20(23)26)16(11-21-18)14-7-3-2-4-8-14/h2-11H,12H2,1H3. The fraction of sp³-hybridized carbons (Fsp3) is 0.100. The Balaban J connectivity index is 1.63. The molecule has 0 aliphatic carbocycles. The van der Waals surface area contributed by atoms with E-state index in [1.54, 1.807) is 13.3 Å². The van der Waals surface area contributed by atoms with Crippen LogP contribution in [0.1, 0.15) is 11.1 Å². The van der Waals surface area contributed by atoms with Crippen molar-refractivity contribution in [1.29, 1.82) is 0 Å². The first-order valence-electron chi connectivity index (χ1n) is 8.09. The topological polar surface area (TPSA) is 54.3 Å². The quantitative estimate of drug-likeness (QED) is 0.786. The number of methoxy groups -OCH3 is 1. The molecule has 0 spiro atoms. The third-order valence-electron chi connectivity index (χ3n) is 4.25. The summed E-state index contributed by atoms with van der Waals surface area (Å²) >= 11 is 5.40. The number of nitrogens with zero attached hydrogens (tertiary/aromatic N) is 3. The maximum absolute atomic E-state index is 12.9. The summed E-state index contributed by atoms with van der Waals surface area (Å²) in [6.45, 7) is 0.325. The van der Waals surface area contributed by atoms with Crippen LogP contribution in [0, 0.1) is 0 Å². The first-order chi connectivity index (χ1) is 12.7. The van der Waals surface area contributed by atoms with Crippen molar-refractivity contribution in [3.8, 4) is 5.75 Å². The molecule has 1 amide bonds. The molecule has 0 bridgehead atoms. The van der Waals surface area contributed by atoms with Crippen molar-refractivity contribution in [3.63, 3.8) is 0 Å². The first-order valence-corrected chi connectivity index (χ1v) is 8.50. The van der Waals surface area contributed by atoms with Gasteiger partial charge in [0.05, 0.1) is 13.7 Å². The summed E-state index contributed by atoms with van der Waals surface area (Å²) < 4.78 is 5.23. The van der Waals surface area contributed by atoms with Gasteiger partial charge in [-0.25, -0.2) is 9.98 Å². The average molecular weight is 361 g/mol. The van der Waals surface area contributed by atoms with Gasteiger partial charge >= 0.3 is 0 Å². The lowest BCUT2D eigenvalue weighted by Gasteiger charge is -2.26. The van der Waals surface area contributed by atoms with E-state index in [2.05, 4.69) is 9.98 Å². The fourth-order valence-corrected chi connectivity index (χ4v) is 3.18. The Morgan fingerprint density at radius 3 is 2.65 bits per heavy atom. The van der Waals surface area contributed by atoms with Gasteiger partial charge in [-0.05, 0) is 35.5 Å². The van der Waals surface area contributed by atoms with Gasteiger partial charge in [-0.15, -0.1) is 0 Å². The van der Waals surface area contributed by atoms with Crippen LogP contribution in [0.25, 0.3) is 5.57 Å². The molecule has 0 atom stereocenters. The maximum Gasteiger partial charge on any atom is 0.281 e. The monoisotopic (exact) mass is 361 g/mol. The number of thiocarbonyl (C=S) groups is 1. The molecule has 2 aromatic rings. The molecule has 2 aromatic carbocycles. The van der Waals surface area contributed by atoms with E-state index in [0.717, 1.165) is 22.4 Å². The number of rotatable bonds is 4. The molecule has 2 heterocycles. The smallest absolute Gasteiger partial charge is 0.281 e. The molecule has 128 valence electrons. The van der Waals surface area contributed by atoms with E-state index in [0.29, 0.717) is 18.0 Å². The molecule has 2 aliphatic rings. The number of benzene rings is 2. The second-order valence-electron chi connectivity index (χ2n) is 5.87. The van der Waals surface area contributed by atoms with Gasteiger partial charge in [-0.2, -0.15) is 0 Å². The van der Waals surface area contributed by atoms with Crippen molar-refractivity contribution < 1.29 is 9.53 Å². The molecular weight excluding hydrogens is 346 g/mol. The van der Waals surface area contributed by atoms with Gasteiger partial charge in [-0.3, -0.25) is 9.69 Å². The highest BCUT2D eigenvalue weighted by atomic mass is 32.1. The second kappa shape index (κ2) is 6.65. The van der Waals surface area contributed by atoms with E-state index in [9.17, 15) is 4.79 Å². The van der Waals surface area contributed by atoms with Crippen LogP contribution in [0.5, 0.6) is 5.75 Å². The Bertz CT molecular complexity index is 993. The van der Waals surface area contributed by atoms with Crippen LogP contribution >= 0.6 is 12.2 Å². The van der Waals surface area contributed by atoms with Gasteiger partial charge in [-0.1, -0.05) is 42.5 Å². The van der Waals surface area contributed by atoms with Crippen LogP contribution in [0.15, 0.2) is 70.8 Å². The largest absolute Gasteiger partial charge is 0.497 e. The van der Waals surface area contributed by atoms with Crippen molar-refractivity contribution in [2.45, 2.75) is 6.54 Å². The van der Waals surface area contributed by atoms with E-state index in [4.69, 9.17) is 17.0 Å². The molecular formula is C20H15N3O2S. The Morgan fingerprint density at radius 2 is 1.88 bits per heavy atom. The van der Waals surface area contributed by atoms with Crippen LogP contribution in [0.3, 0.4) is 0 Å². The number of allylic oxidation sites excluding steroid dienone is 1. The lowest BCUT2D eigenvalue weighted by molar-refractivity contribution is -0.120. The summed E-state index contributed by atoms with van der Waals surface area (Å²) in [5.74, 6) is 0.498. The zero-order valence-electron chi connectivity index (χ0n) is 14.0. The first kappa shape index (κ1) is 16.4. The molecule has 0 fully saturated rings. The second-order valence-corrected chi connectivity index (χ2v) is 6.24. The molecule has 2 aliphatic heterocycles.